The van der Waals surface area contributed by atoms with Crippen LogP contribution < -0.4 is 14.8 Å². The number of carbonyl (C=O) groups excluding carboxylic acids is 1. The molecule has 3 N–H and O–H groups in total. The molecule has 4 heterocycles. The van der Waals surface area contributed by atoms with Gasteiger partial charge >= 0.3 is 0 Å². The van der Waals surface area contributed by atoms with E-state index in [1.54, 1.807) is 19.1 Å². The fraction of sp³-hybridized carbons (Fsp3) is 0.179. The molecule has 0 amide bonds. The minimum absolute atomic E-state index is 0.0354. The quantitative estimate of drug-likeness (QED) is 0.277. The number of anilines is 2. The Morgan fingerprint density at radius 1 is 1.05 bits per heavy atom. The lowest BCUT2D eigenvalue weighted by atomic mass is 10.1. The minimum atomic E-state index is -3.36. The van der Waals surface area contributed by atoms with E-state index in [4.69, 9.17) is 10.5 Å². The molecule has 0 atom stereocenters. The first kappa shape index (κ1) is 26.4. The number of H-pyrrole nitrogens is 1. The largest absolute Gasteiger partial charge is 0.433 e. The van der Waals surface area contributed by atoms with Gasteiger partial charge in [-0.25, -0.2) is 26.9 Å². The molecular formula is C28H24F2N6O4S. The molecule has 41 heavy (non-hydrogen) atoms. The summed E-state index contributed by atoms with van der Waals surface area (Å²) in [6, 6.07) is 10.1. The van der Waals surface area contributed by atoms with Crippen LogP contribution in [0.4, 0.5) is 20.3 Å². The summed E-state index contributed by atoms with van der Waals surface area (Å²) >= 11 is 0. The molecule has 1 aliphatic rings. The molecule has 6 rings (SSSR count). The highest BCUT2D eigenvalue weighted by Gasteiger charge is 2.30. The van der Waals surface area contributed by atoms with E-state index in [1.807, 2.05) is 13.0 Å². The maximum atomic E-state index is 14.0. The third-order valence-electron chi connectivity index (χ3n) is 7.01. The van der Waals surface area contributed by atoms with Crippen molar-refractivity contribution in [2.45, 2.75) is 20.3 Å². The third kappa shape index (κ3) is 4.57. The van der Waals surface area contributed by atoms with E-state index in [2.05, 4.69) is 15.1 Å². The normalized spacial score (nSPS) is 14.6. The van der Waals surface area contributed by atoms with Crippen molar-refractivity contribution in [3.8, 4) is 17.3 Å². The van der Waals surface area contributed by atoms with Gasteiger partial charge in [0.05, 0.1) is 40.8 Å². The van der Waals surface area contributed by atoms with E-state index in [0.717, 1.165) is 23.1 Å². The number of aromatic nitrogens is 4. The Labute approximate surface area is 233 Å². The van der Waals surface area contributed by atoms with E-state index in [1.165, 1.54) is 33.5 Å². The lowest BCUT2D eigenvalue weighted by Crippen LogP contribution is -2.25. The fourth-order valence-corrected chi connectivity index (χ4v) is 6.56. The van der Waals surface area contributed by atoms with Crippen LogP contribution in [-0.4, -0.2) is 46.2 Å². The summed E-state index contributed by atoms with van der Waals surface area (Å²) in [6.07, 6.45) is 3.28. The number of rotatable bonds is 6. The van der Waals surface area contributed by atoms with Crippen molar-refractivity contribution >= 4 is 38.2 Å². The molecule has 0 radical (unpaired) electrons. The molecule has 1 aliphatic heterocycles. The number of pyridine rings is 1. The van der Waals surface area contributed by atoms with Crippen LogP contribution in [0.3, 0.4) is 0 Å². The average molecular weight is 579 g/mol. The van der Waals surface area contributed by atoms with Crippen LogP contribution in [0.5, 0.6) is 11.6 Å². The molecule has 13 heteroatoms. The summed E-state index contributed by atoms with van der Waals surface area (Å²) in [7, 11) is -3.36. The number of sulfonamides is 1. The highest BCUT2D eigenvalue weighted by atomic mass is 32.2. The number of para-hydroxylation sites is 1. The highest BCUT2D eigenvalue weighted by molar-refractivity contribution is 7.93. The molecule has 1 fully saturated rings. The molecule has 5 aromatic rings. The number of nitrogens with one attached hydrogen (secondary N) is 1. The van der Waals surface area contributed by atoms with Gasteiger partial charge in [-0.2, -0.15) is 5.10 Å². The molecule has 0 spiro atoms. The standard InChI is InChI=1S/C28H24F2N6O4S/c1-15-9-17-11-22(34-21(17)12-23(15)35-7-4-8-41(35,38)39)26(37)18-13-33-36(28(18)31)24-14-32-25(10-16(24)2)40-27-19(29)5-3-6-20(27)30/h3,5-6,9-14,34H,4,7-8,31H2,1-2H3. The average Bonchev–Trinajstić information content (AvgIpc) is 3.61. The Balaban J connectivity index is 1.29. The molecule has 3 aromatic heterocycles. The van der Waals surface area contributed by atoms with Crippen molar-refractivity contribution in [2.75, 3.05) is 22.3 Å². The monoisotopic (exact) mass is 578 g/mol. The Bertz CT molecular complexity index is 1950. The van der Waals surface area contributed by atoms with E-state index < -0.39 is 33.2 Å². The van der Waals surface area contributed by atoms with Gasteiger partial charge in [0, 0.05) is 23.5 Å². The first-order valence-electron chi connectivity index (χ1n) is 12.6. The van der Waals surface area contributed by atoms with E-state index >= 15 is 0 Å². The number of halogens is 2. The Morgan fingerprint density at radius 3 is 2.46 bits per heavy atom. The second kappa shape index (κ2) is 9.70. The van der Waals surface area contributed by atoms with E-state index in [0.29, 0.717) is 35.4 Å². The van der Waals surface area contributed by atoms with Crippen molar-refractivity contribution in [3.63, 3.8) is 0 Å². The van der Waals surface area contributed by atoms with Gasteiger partial charge in [-0.1, -0.05) is 6.07 Å². The number of aryl methyl sites for hydroxylation is 2. The predicted molar refractivity (Wildman–Crippen MR) is 149 cm³/mol. The predicted octanol–water partition coefficient (Wildman–Crippen LogP) is 4.79. The van der Waals surface area contributed by atoms with Gasteiger partial charge in [-0.3, -0.25) is 9.10 Å². The summed E-state index contributed by atoms with van der Waals surface area (Å²) < 4.78 is 60.9. The van der Waals surface area contributed by atoms with Crippen LogP contribution in [0.1, 0.15) is 33.6 Å². The maximum absolute atomic E-state index is 14.0. The van der Waals surface area contributed by atoms with Crippen LogP contribution in [-0.2, 0) is 10.0 Å². The van der Waals surface area contributed by atoms with Crippen molar-refractivity contribution in [3.05, 3.63) is 88.9 Å². The lowest BCUT2D eigenvalue weighted by molar-refractivity contribution is 0.103. The van der Waals surface area contributed by atoms with Gasteiger partial charge in [0.15, 0.2) is 11.6 Å². The number of ketones is 1. The van der Waals surface area contributed by atoms with E-state index in [-0.39, 0.29) is 28.7 Å². The second-order valence-corrected chi connectivity index (χ2v) is 11.8. The van der Waals surface area contributed by atoms with Crippen LogP contribution in [0.15, 0.2) is 54.9 Å². The highest BCUT2D eigenvalue weighted by Crippen LogP contribution is 2.33. The summed E-state index contributed by atoms with van der Waals surface area (Å²) in [5.41, 5.74) is 9.72. The van der Waals surface area contributed by atoms with Crippen molar-refractivity contribution in [1.82, 2.24) is 19.7 Å². The molecule has 1 saturated heterocycles. The van der Waals surface area contributed by atoms with Crippen molar-refractivity contribution in [2.24, 2.45) is 0 Å². The number of nitrogen functional groups attached to an aromatic ring is 1. The fourth-order valence-electron chi connectivity index (χ4n) is 4.94. The molecular weight excluding hydrogens is 554 g/mol. The first-order chi connectivity index (χ1) is 19.5. The molecule has 2 aromatic carbocycles. The molecule has 10 nitrogen and oxygen atoms in total. The SMILES string of the molecule is Cc1cc2cc(C(=O)c3cnn(-c4cnc(Oc5c(F)cccc5F)cc4C)c3N)[nH]c2cc1N1CCCS1(=O)=O. The lowest BCUT2D eigenvalue weighted by Gasteiger charge is -2.19. The number of hydrogen-bond donors (Lipinski definition) is 2. The third-order valence-corrected chi connectivity index (χ3v) is 8.87. The molecule has 0 aliphatic carbocycles. The summed E-state index contributed by atoms with van der Waals surface area (Å²) in [5, 5.41) is 5.02. The zero-order valence-corrected chi connectivity index (χ0v) is 22.8. The van der Waals surface area contributed by atoms with Gasteiger partial charge in [0.2, 0.25) is 27.4 Å². The summed E-state index contributed by atoms with van der Waals surface area (Å²) in [5.74, 6) is -2.56. The number of aromatic amines is 1. The number of carbonyl (C=O) groups is 1. The van der Waals surface area contributed by atoms with Crippen LogP contribution in [0.25, 0.3) is 16.6 Å². The second-order valence-electron chi connectivity index (χ2n) is 9.80. The topological polar surface area (TPSA) is 136 Å². The first-order valence-corrected chi connectivity index (χ1v) is 14.3. The summed E-state index contributed by atoms with van der Waals surface area (Å²) in [6.45, 7) is 3.96. The molecule has 210 valence electrons. The van der Waals surface area contributed by atoms with Gasteiger partial charge in [-0.05, 0) is 61.7 Å². The zero-order chi connectivity index (χ0) is 29.1. The Kier molecular flexibility index (Phi) is 6.25. The number of fused-ring (bicyclic) bond motifs is 1. The van der Waals surface area contributed by atoms with Gasteiger partial charge < -0.3 is 15.5 Å². The van der Waals surface area contributed by atoms with Gasteiger partial charge in [0.25, 0.3) is 0 Å². The number of nitrogens with zero attached hydrogens (tertiary/aromatic N) is 4. The zero-order valence-electron chi connectivity index (χ0n) is 22.0. The molecule has 0 unspecified atom stereocenters. The summed E-state index contributed by atoms with van der Waals surface area (Å²) in [4.78, 5) is 20.7. The van der Waals surface area contributed by atoms with Gasteiger partial charge in [0.1, 0.15) is 5.82 Å². The number of nitrogens with two attached hydrogens (primary N) is 1. The maximum Gasteiger partial charge on any atom is 0.235 e. The minimum Gasteiger partial charge on any atom is -0.433 e. The van der Waals surface area contributed by atoms with Crippen LogP contribution in [0.2, 0.25) is 0 Å². The Hall–Kier alpha value is -4.78. The van der Waals surface area contributed by atoms with Gasteiger partial charge in [-0.15, -0.1) is 0 Å². The number of hydrogen-bond acceptors (Lipinski definition) is 7. The Morgan fingerprint density at radius 2 is 1.78 bits per heavy atom. The molecule has 0 bridgehead atoms. The van der Waals surface area contributed by atoms with Crippen molar-refractivity contribution in [1.29, 1.82) is 0 Å². The van der Waals surface area contributed by atoms with Crippen LogP contribution >= 0.6 is 0 Å². The molecule has 0 saturated carbocycles. The van der Waals surface area contributed by atoms with E-state index in [9.17, 15) is 22.0 Å². The van der Waals surface area contributed by atoms with Crippen LogP contribution in [0, 0.1) is 25.5 Å². The number of benzene rings is 2. The smallest absolute Gasteiger partial charge is 0.235 e. The van der Waals surface area contributed by atoms with Crippen molar-refractivity contribution < 1.29 is 26.7 Å². The number of ether oxygens (including phenoxy) is 1.